The summed E-state index contributed by atoms with van der Waals surface area (Å²) in [5, 5.41) is 13.2. The van der Waals surface area contributed by atoms with Crippen LogP contribution in [0.15, 0.2) is 30.3 Å². The van der Waals surface area contributed by atoms with Crippen molar-refractivity contribution in [2.75, 3.05) is 6.54 Å². The molecule has 1 aliphatic rings. The zero-order valence-corrected chi connectivity index (χ0v) is 7.83. The molecule has 1 heterocycles. The van der Waals surface area contributed by atoms with Crippen molar-refractivity contribution < 1.29 is 5.11 Å². The second-order valence-electron chi connectivity index (χ2n) is 3.80. The van der Waals surface area contributed by atoms with Crippen LogP contribution in [0.4, 0.5) is 0 Å². The molecule has 1 saturated heterocycles. The Morgan fingerprint density at radius 1 is 1.38 bits per heavy atom. The summed E-state index contributed by atoms with van der Waals surface area (Å²) in [5.74, 6) is 0. The average molecular weight is 177 g/mol. The molecule has 2 heteroatoms. The Morgan fingerprint density at radius 3 is 2.62 bits per heavy atom. The summed E-state index contributed by atoms with van der Waals surface area (Å²) < 4.78 is 0. The minimum atomic E-state index is -0.269. The number of hydrogen-bond donors (Lipinski definition) is 2. The second kappa shape index (κ2) is 3.13. The summed E-state index contributed by atoms with van der Waals surface area (Å²) in [7, 11) is 0. The molecule has 0 amide bonds. The van der Waals surface area contributed by atoms with Crippen molar-refractivity contribution in [3.05, 3.63) is 35.9 Å². The molecule has 2 nitrogen and oxygen atoms in total. The van der Waals surface area contributed by atoms with E-state index in [-0.39, 0.29) is 11.6 Å². The molecular weight excluding hydrogens is 162 g/mol. The van der Waals surface area contributed by atoms with Gasteiger partial charge in [-0.25, -0.2) is 0 Å². The number of nitrogens with one attached hydrogen (secondary N) is 1. The first-order chi connectivity index (χ1) is 6.23. The smallest absolute Gasteiger partial charge is 0.0772 e. The number of aliphatic hydroxyl groups excluding tert-OH is 1. The minimum Gasteiger partial charge on any atom is -0.391 e. The Morgan fingerprint density at radius 2 is 2.08 bits per heavy atom. The molecule has 1 aromatic rings. The maximum Gasteiger partial charge on any atom is 0.0772 e. The van der Waals surface area contributed by atoms with Gasteiger partial charge in [-0.2, -0.15) is 0 Å². The highest BCUT2D eigenvalue weighted by atomic mass is 16.3. The third kappa shape index (κ3) is 1.36. The predicted octanol–water partition coefficient (Wildman–Crippen LogP) is 1.26. The fourth-order valence-electron chi connectivity index (χ4n) is 1.95. The van der Waals surface area contributed by atoms with Gasteiger partial charge in [-0.3, -0.25) is 0 Å². The van der Waals surface area contributed by atoms with Crippen molar-refractivity contribution in [1.82, 2.24) is 5.32 Å². The van der Waals surface area contributed by atoms with Gasteiger partial charge < -0.3 is 10.4 Å². The molecule has 0 aromatic heterocycles. The molecule has 70 valence electrons. The van der Waals surface area contributed by atoms with Gasteiger partial charge in [-0.15, -0.1) is 0 Å². The molecular formula is C11H15NO. The van der Waals surface area contributed by atoms with Gasteiger partial charge in [0.25, 0.3) is 0 Å². The van der Waals surface area contributed by atoms with E-state index < -0.39 is 0 Å². The van der Waals surface area contributed by atoms with Crippen LogP contribution in [0, 0.1) is 0 Å². The first-order valence-corrected chi connectivity index (χ1v) is 4.72. The minimum absolute atomic E-state index is 0.249. The van der Waals surface area contributed by atoms with E-state index in [1.54, 1.807) is 0 Å². The van der Waals surface area contributed by atoms with Crippen molar-refractivity contribution in [2.45, 2.75) is 25.0 Å². The van der Waals surface area contributed by atoms with E-state index in [1.807, 2.05) is 18.2 Å². The fraction of sp³-hybridized carbons (Fsp3) is 0.455. The van der Waals surface area contributed by atoms with Crippen LogP contribution < -0.4 is 5.32 Å². The lowest BCUT2D eigenvalue weighted by atomic mass is 9.88. The standard InChI is InChI=1S/C11H15NO/c1-11(10(13)7-8-12-11)9-5-3-2-4-6-9/h2-6,10,12-13H,7-8H2,1H3. The van der Waals surface area contributed by atoms with Gasteiger partial charge in [-0.1, -0.05) is 30.3 Å². The van der Waals surface area contributed by atoms with Gasteiger partial charge in [0.2, 0.25) is 0 Å². The largest absolute Gasteiger partial charge is 0.391 e. The zero-order valence-electron chi connectivity index (χ0n) is 7.83. The van der Waals surface area contributed by atoms with Crippen molar-refractivity contribution in [2.24, 2.45) is 0 Å². The van der Waals surface area contributed by atoms with Crippen molar-refractivity contribution in [3.63, 3.8) is 0 Å². The molecule has 13 heavy (non-hydrogen) atoms. The van der Waals surface area contributed by atoms with Crippen LogP contribution in [0.1, 0.15) is 18.9 Å². The molecule has 0 saturated carbocycles. The van der Waals surface area contributed by atoms with E-state index >= 15 is 0 Å². The van der Waals surface area contributed by atoms with Crippen LogP contribution in [0.3, 0.4) is 0 Å². The van der Waals surface area contributed by atoms with Gasteiger partial charge in [0, 0.05) is 0 Å². The van der Waals surface area contributed by atoms with Crippen LogP contribution in [-0.2, 0) is 5.54 Å². The number of hydrogen-bond acceptors (Lipinski definition) is 2. The van der Waals surface area contributed by atoms with Crippen molar-refractivity contribution >= 4 is 0 Å². The quantitative estimate of drug-likeness (QED) is 0.676. The Balaban J connectivity index is 2.34. The van der Waals surface area contributed by atoms with Crippen LogP contribution >= 0.6 is 0 Å². The molecule has 2 unspecified atom stereocenters. The number of rotatable bonds is 1. The van der Waals surface area contributed by atoms with E-state index in [4.69, 9.17) is 0 Å². The summed E-state index contributed by atoms with van der Waals surface area (Å²) in [4.78, 5) is 0. The molecule has 2 N–H and O–H groups in total. The third-order valence-corrected chi connectivity index (χ3v) is 2.95. The van der Waals surface area contributed by atoms with E-state index in [0.717, 1.165) is 13.0 Å². The SMILES string of the molecule is CC1(c2ccccc2)NCCC1O. The Bertz CT molecular complexity index is 285. The van der Waals surface area contributed by atoms with Gasteiger partial charge >= 0.3 is 0 Å². The predicted molar refractivity (Wildman–Crippen MR) is 52.4 cm³/mol. The fourth-order valence-corrected chi connectivity index (χ4v) is 1.95. The monoisotopic (exact) mass is 177 g/mol. The molecule has 1 fully saturated rings. The highest BCUT2D eigenvalue weighted by Gasteiger charge is 2.38. The number of aliphatic hydroxyl groups is 1. The Labute approximate surface area is 78.6 Å². The molecule has 1 aromatic carbocycles. The van der Waals surface area contributed by atoms with E-state index in [1.165, 1.54) is 5.56 Å². The van der Waals surface area contributed by atoms with Gasteiger partial charge in [-0.05, 0) is 25.5 Å². The number of benzene rings is 1. The van der Waals surface area contributed by atoms with Crippen LogP contribution in [0.25, 0.3) is 0 Å². The van der Waals surface area contributed by atoms with E-state index in [9.17, 15) is 5.11 Å². The van der Waals surface area contributed by atoms with E-state index in [2.05, 4.69) is 24.4 Å². The van der Waals surface area contributed by atoms with Crippen LogP contribution in [0.2, 0.25) is 0 Å². The average Bonchev–Trinajstić information content (AvgIpc) is 2.50. The molecule has 0 radical (unpaired) electrons. The summed E-state index contributed by atoms with van der Waals surface area (Å²) in [5.41, 5.74) is 0.918. The molecule has 2 rings (SSSR count). The normalized spacial score (nSPS) is 33.5. The van der Waals surface area contributed by atoms with E-state index in [0.29, 0.717) is 0 Å². The Hall–Kier alpha value is -0.860. The second-order valence-corrected chi connectivity index (χ2v) is 3.80. The van der Waals surface area contributed by atoms with Gasteiger partial charge in [0.1, 0.15) is 0 Å². The maximum atomic E-state index is 9.84. The zero-order chi connectivity index (χ0) is 9.31. The lowest BCUT2D eigenvalue weighted by Gasteiger charge is -2.28. The van der Waals surface area contributed by atoms with Gasteiger partial charge in [0.15, 0.2) is 0 Å². The third-order valence-electron chi connectivity index (χ3n) is 2.95. The highest BCUT2D eigenvalue weighted by molar-refractivity contribution is 5.26. The van der Waals surface area contributed by atoms with Crippen molar-refractivity contribution in [3.8, 4) is 0 Å². The molecule has 0 spiro atoms. The molecule has 1 aliphatic heterocycles. The van der Waals surface area contributed by atoms with Crippen molar-refractivity contribution in [1.29, 1.82) is 0 Å². The van der Waals surface area contributed by atoms with Gasteiger partial charge in [0.05, 0.1) is 11.6 Å². The first-order valence-electron chi connectivity index (χ1n) is 4.72. The summed E-state index contributed by atoms with van der Waals surface area (Å²) >= 11 is 0. The summed E-state index contributed by atoms with van der Waals surface area (Å²) in [6, 6.07) is 10.1. The molecule has 0 bridgehead atoms. The summed E-state index contributed by atoms with van der Waals surface area (Å²) in [6.45, 7) is 2.95. The highest BCUT2D eigenvalue weighted by Crippen LogP contribution is 2.30. The lowest BCUT2D eigenvalue weighted by molar-refractivity contribution is 0.107. The molecule has 2 atom stereocenters. The van der Waals surface area contributed by atoms with Crippen LogP contribution in [-0.4, -0.2) is 17.8 Å². The first kappa shape index (κ1) is 8.73. The topological polar surface area (TPSA) is 32.3 Å². The summed E-state index contributed by atoms with van der Waals surface area (Å²) in [6.07, 6.45) is 0.570. The molecule has 0 aliphatic carbocycles. The Kier molecular flexibility index (Phi) is 2.10. The lowest BCUT2D eigenvalue weighted by Crippen LogP contribution is -2.41. The maximum absolute atomic E-state index is 9.84. The van der Waals surface area contributed by atoms with Crippen LogP contribution in [0.5, 0.6) is 0 Å².